The summed E-state index contributed by atoms with van der Waals surface area (Å²) < 4.78 is 15.6. The van der Waals surface area contributed by atoms with E-state index < -0.39 is 17.7 Å². The zero-order chi connectivity index (χ0) is 16.9. The van der Waals surface area contributed by atoms with Gasteiger partial charge in [-0.15, -0.1) is 0 Å². The van der Waals surface area contributed by atoms with Gasteiger partial charge in [0.15, 0.2) is 5.57 Å². The molecule has 6 nitrogen and oxygen atoms in total. The molecule has 1 saturated heterocycles. The minimum absolute atomic E-state index is 0.179. The van der Waals surface area contributed by atoms with Crippen LogP contribution in [0, 0.1) is 0 Å². The van der Waals surface area contributed by atoms with E-state index in [0.717, 1.165) is 18.6 Å². The van der Waals surface area contributed by atoms with Gasteiger partial charge in [0.25, 0.3) is 5.79 Å². The molecule has 1 fully saturated rings. The van der Waals surface area contributed by atoms with Gasteiger partial charge >= 0.3 is 11.9 Å². The van der Waals surface area contributed by atoms with E-state index in [0.29, 0.717) is 12.3 Å². The van der Waals surface area contributed by atoms with E-state index in [4.69, 9.17) is 14.2 Å². The second kappa shape index (κ2) is 7.17. The van der Waals surface area contributed by atoms with Crippen molar-refractivity contribution >= 4 is 17.6 Å². The largest absolute Gasteiger partial charge is 0.494 e. The number of rotatable bonds is 6. The van der Waals surface area contributed by atoms with Gasteiger partial charge in [-0.2, -0.15) is 0 Å². The highest BCUT2D eigenvalue weighted by Gasteiger charge is 2.38. The number of benzene rings is 1. The van der Waals surface area contributed by atoms with Gasteiger partial charge in [-0.25, -0.2) is 9.59 Å². The number of anilines is 1. The summed E-state index contributed by atoms with van der Waals surface area (Å²) in [6.45, 7) is 5.75. The average molecular weight is 319 g/mol. The Kier molecular flexibility index (Phi) is 5.26. The van der Waals surface area contributed by atoms with Crippen molar-refractivity contribution in [3.8, 4) is 5.75 Å². The first-order chi connectivity index (χ1) is 10.9. The predicted octanol–water partition coefficient (Wildman–Crippen LogP) is 3.00. The zero-order valence-corrected chi connectivity index (χ0v) is 13.5. The molecule has 0 radical (unpaired) electrons. The molecule has 1 N–H and O–H groups in total. The lowest BCUT2D eigenvalue weighted by molar-refractivity contribution is -0.222. The zero-order valence-electron chi connectivity index (χ0n) is 13.5. The van der Waals surface area contributed by atoms with Crippen LogP contribution in [0.15, 0.2) is 36.0 Å². The summed E-state index contributed by atoms with van der Waals surface area (Å²) in [4.78, 5) is 23.7. The minimum atomic E-state index is -1.24. The summed E-state index contributed by atoms with van der Waals surface area (Å²) >= 11 is 0. The molecule has 0 bridgehead atoms. The maximum absolute atomic E-state index is 11.8. The highest BCUT2D eigenvalue weighted by molar-refractivity contribution is 6.15. The van der Waals surface area contributed by atoms with E-state index in [2.05, 4.69) is 12.2 Å². The van der Waals surface area contributed by atoms with Crippen molar-refractivity contribution in [1.29, 1.82) is 0 Å². The van der Waals surface area contributed by atoms with E-state index in [1.165, 1.54) is 20.0 Å². The van der Waals surface area contributed by atoms with Crippen molar-refractivity contribution in [1.82, 2.24) is 0 Å². The Hall–Kier alpha value is -2.50. The van der Waals surface area contributed by atoms with Crippen LogP contribution in [0.25, 0.3) is 0 Å². The Morgan fingerprint density at radius 3 is 2.57 bits per heavy atom. The van der Waals surface area contributed by atoms with E-state index in [-0.39, 0.29) is 5.57 Å². The van der Waals surface area contributed by atoms with E-state index >= 15 is 0 Å². The van der Waals surface area contributed by atoms with Gasteiger partial charge in [0, 0.05) is 31.8 Å². The first-order valence-corrected chi connectivity index (χ1v) is 7.57. The third-order valence-electron chi connectivity index (χ3n) is 3.10. The van der Waals surface area contributed by atoms with Crippen molar-refractivity contribution in [3.05, 3.63) is 36.0 Å². The Bertz CT molecular complexity index is 599. The Balaban J connectivity index is 2.03. The molecule has 124 valence electrons. The van der Waals surface area contributed by atoms with Gasteiger partial charge in [0.1, 0.15) is 5.75 Å². The van der Waals surface area contributed by atoms with E-state index in [1.807, 2.05) is 12.1 Å². The number of cyclic esters (lactones) is 2. The van der Waals surface area contributed by atoms with Crippen LogP contribution in [0.5, 0.6) is 5.75 Å². The van der Waals surface area contributed by atoms with Gasteiger partial charge in [0.2, 0.25) is 0 Å². The van der Waals surface area contributed by atoms with Crippen molar-refractivity contribution in [2.75, 3.05) is 11.9 Å². The molecule has 1 aliphatic rings. The topological polar surface area (TPSA) is 73.9 Å². The van der Waals surface area contributed by atoms with Gasteiger partial charge in [-0.3, -0.25) is 0 Å². The Morgan fingerprint density at radius 2 is 1.91 bits per heavy atom. The second-order valence-corrected chi connectivity index (χ2v) is 5.61. The van der Waals surface area contributed by atoms with Crippen molar-refractivity contribution in [2.45, 2.75) is 39.4 Å². The lowest BCUT2D eigenvalue weighted by Crippen LogP contribution is -2.42. The first kappa shape index (κ1) is 16.9. The average Bonchev–Trinajstić information content (AvgIpc) is 2.46. The predicted molar refractivity (Wildman–Crippen MR) is 84.8 cm³/mol. The summed E-state index contributed by atoms with van der Waals surface area (Å²) in [6, 6.07) is 7.26. The van der Waals surface area contributed by atoms with Crippen LogP contribution >= 0.6 is 0 Å². The Morgan fingerprint density at radius 1 is 1.22 bits per heavy atom. The molecule has 1 aromatic carbocycles. The Labute approximate surface area is 135 Å². The number of carbonyl (C=O) groups is 2. The highest BCUT2D eigenvalue weighted by Crippen LogP contribution is 2.23. The number of hydrogen-bond donors (Lipinski definition) is 1. The van der Waals surface area contributed by atoms with Crippen molar-refractivity contribution in [2.24, 2.45) is 0 Å². The van der Waals surface area contributed by atoms with Crippen LogP contribution in [-0.4, -0.2) is 24.3 Å². The summed E-state index contributed by atoms with van der Waals surface area (Å²) in [6.07, 6.45) is 3.32. The van der Waals surface area contributed by atoms with Crippen molar-refractivity contribution < 1.29 is 23.8 Å². The van der Waals surface area contributed by atoms with Crippen LogP contribution < -0.4 is 10.1 Å². The molecule has 0 spiro atoms. The molecule has 0 aromatic heterocycles. The van der Waals surface area contributed by atoms with Gasteiger partial charge in [-0.1, -0.05) is 19.4 Å². The SMILES string of the molecule is CCCCOc1cccc(NC=C2C(=O)OC(C)(C)OC2=O)c1. The molecular formula is C17H21NO5. The fourth-order valence-corrected chi connectivity index (χ4v) is 1.94. The van der Waals surface area contributed by atoms with Crippen LogP contribution in [0.3, 0.4) is 0 Å². The molecule has 1 aliphatic heterocycles. The lowest BCUT2D eigenvalue weighted by Gasteiger charge is -2.29. The van der Waals surface area contributed by atoms with Crippen LogP contribution in [0.4, 0.5) is 5.69 Å². The number of carbonyl (C=O) groups excluding carboxylic acids is 2. The van der Waals surface area contributed by atoms with E-state index in [1.54, 1.807) is 12.1 Å². The molecule has 0 saturated carbocycles. The molecule has 23 heavy (non-hydrogen) atoms. The van der Waals surface area contributed by atoms with Crippen molar-refractivity contribution in [3.63, 3.8) is 0 Å². The molecule has 0 aliphatic carbocycles. The van der Waals surface area contributed by atoms with Gasteiger partial charge in [-0.05, 0) is 18.6 Å². The van der Waals surface area contributed by atoms with Gasteiger partial charge < -0.3 is 19.5 Å². The van der Waals surface area contributed by atoms with Crippen LogP contribution in [-0.2, 0) is 19.1 Å². The third kappa shape index (κ3) is 4.74. The van der Waals surface area contributed by atoms with E-state index in [9.17, 15) is 9.59 Å². The molecule has 2 rings (SSSR count). The fraction of sp³-hybridized carbons (Fsp3) is 0.412. The highest BCUT2D eigenvalue weighted by atomic mass is 16.7. The molecule has 1 aromatic rings. The monoisotopic (exact) mass is 319 g/mol. The number of nitrogens with one attached hydrogen (secondary N) is 1. The fourth-order valence-electron chi connectivity index (χ4n) is 1.94. The third-order valence-corrected chi connectivity index (χ3v) is 3.10. The maximum atomic E-state index is 11.8. The standard InChI is InChI=1S/C17H21NO5/c1-4-5-9-21-13-8-6-7-12(10-13)18-11-14-15(19)22-17(2,3)23-16(14)20/h6-8,10-11,18H,4-5,9H2,1-3H3. The van der Waals surface area contributed by atoms with Crippen LogP contribution in [0.2, 0.25) is 0 Å². The molecule has 1 heterocycles. The van der Waals surface area contributed by atoms with Gasteiger partial charge in [0.05, 0.1) is 6.61 Å². The normalized spacial score (nSPS) is 16.4. The molecule has 0 unspecified atom stereocenters. The molecule has 0 amide bonds. The number of esters is 2. The molecular weight excluding hydrogens is 298 g/mol. The quantitative estimate of drug-likeness (QED) is 0.376. The number of hydrogen-bond acceptors (Lipinski definition) is 6. The number of unbranched alkanes of at least 4 members (excludes halogenated alkanes) is 1. The smallest absolute Gasteiger partial charge is 0.350 e. The summed E-state index contributed by atoms with van der Waals surface area (Å²) in [5, 5.41) is 2.89. The maximum Gasteiger partial charge on any atom is 0.350 e. The minimum Gasteiger partial charge on any atom is -0.494 e. The summed E-state index contributed by atoms with van der Waals surface area (Å²) in [7, 11) is 0. The van der Waals surface area contributed by atoms with Crippen LogP contribution in [0.1, 0.15) is 33.6 Å². The molecule has 6 heteroatoms. The summed E-state index contributed by atoms with van der Waals surface area (Å²) in [5.41, 5.74) is 0.513. The summed E-state index contributed by atoms with van der Waals surface area (Å²) in [5.74, 6) is -1.95. The lowest BCUT2D eigenvalue weighted by atomic mass is 10.2. The molecule has 0 atom stereocenters. The second-order valence-electron chi connectivity index (χ2n) is 5.61. The number of ether oxygens (including phenoxy) is 3. The first-order valence-electron chi connectivity index (χ1n) is 7.57.